The molecule has 6 heteroatoms. The molecule has 15 heavy (non-hydrogen) atoms. The quantitative estimate of drug-likeness (QED) is 0.589. The number of nitrogen functional groups attached to an aromatic ring is 1. The third-order valence-electron chi connectivity index (χ3n) is 2.03. The molecule has 0 radical (unpaired) electrons. The van der Waals surface area contributed by atoms with Crippen LogP contribution in [-0.4, -0.2) is 26.8 Å². The highest BCUT2D eigenvalue weighted by atomic mass is 32.2. The van der Waals surface area contributed by atoms with Crippen molar-refractivity contribution in [2.75, 3.05) is 11.5 Å². The van der Waals surface area contributed by atoms with Gasteiger partial charge >= 0.3 is 5.97 Å². The number of nitrogens with zero attached hydrogens (tertiary/aromatic N) is 2. The van der Waals surface area contributed by atoms with E-state index in [1.54, 1.807) is 6.07 Å². The van der Waals surface area contributed by atoms with Crippen molar-refractivity contribution in [2.45, 2.75) is 23.8 Å². The van der Waals surface area contributed by atoms with E-state index in [1.807, 2.05) is 0 Å². The van der Waals surface area contributed by atoms with E-state index in [4.69, 9.17) is 10.8 Å². The van der Waals surface area contributed by atoms with E-state index in [-0.39, 0.29) is 5.75 Å². The van der Waals surface area contributed by atoms with Crippen molar-refractivity contribution < 1.29 is 9.90 Å². The summed E-state index contributed by atoms with van der Waals surface area (Å²) in [6.07, 6.45) is 2.21. The molecular weight excluding hydrogens is 214 g/mol. The van der Waals surface area contributed by atoms with Gasteiger partial charge < -0.3 is 10.8 Å². The van der Waals surface area contributed by atoms with Gasteiger partial charge in [-0.15, -0.1) is 0 Å². The van der Waals surface area contributed by atoms with Gasteiger partial charge in [0.25, 0.3) is 0 Å². The summed E-state index contributed by atoms with van der Waals surface area (Å²) >= 11 is 1.17. The molecule has 1 heterocycles. The molecule has 0 atom stereocenters. The summed E-state index contributed by atoms with van der Waals surface area (Å²) in [6, 6.07) is 1.61. The number of rotatable bonds is 4. The monoisotopic (exact) mass is 225 g/mol. The zero-order valence-electron chi connectivity index (χ0n) is 8.01. The Morgan fingerprint density at radius 1 is 1.60 bits per heavy atom. The Kier molecular flexibility index (Phi) is 2.77. The molecule has 0 saturated heterocycles. The lowest BCUT2D eigenvalue weighted by molar-refractivity contribution is -0.133. The van der Waals surface area contributed by atoms with Crippen molar-refractivity contribution >= 4 is 23.5 Å². The van der Waals surface area contributed by atoms with Gasteiger partial charge in [-0.1, -0.05) is 11.8 Å². The van der Waals surface area contributed by atoms with Crippen molar-refractivity contribution in [1.82, 2.24) is 9.97 Å². The average molecular weight is 225 g/mol. The van der Waals surface area contributed by atoms with Gasteiger partial charge in [0.15, 0.2) is 0 Å². The first-order valence-electron chi connectivity index (χ1n) is 4.64. The minimum Gasteiger partial charge on any atom is -0.481 e. The Labute approximate surface area is 91.1 Å². The Morgan fingerprint density at radius 3 is 2.93 bits per heavy atom. The smallest absolute Gasteiger partial charge is 0.313 e. The summed E-state index contributed by atoms with van der Waals surface area (Å²) in [7, 11) is 0. The van der Waals surface area contributed by atoms with Crippen LogP contribution in [0.5, 0.6) is 0 Å². The van der Waals surface area contributed by atoms with Crippen LogP contribution < -0.4 is 5.73 Å². The first-order valence-corrected chi connectivity index (χ1v) is 5.63. The van der Waals surface area contributed by atoms with Gasteiger partial charge in [0.1, 0.15) is 16.7 Å². The van der Waals surface area contributed by atoms with E-state index in [0.29, 0.717) is 16.8 Å². The van der Waals surface area contributed by atoms with Crippen LogP contribution in [0.4, 0.5) is 5.82 Å². The molecule has 5 nitrogen and oxygen atoms in total. The van der Waals surface area contributed by atoms with Crippen LogP contribution in [0.15, 0.2) is 11.1 Å². The standard InChI is InChI=1S/C9H11N3O2S/c10-6-3-7(15-4-8(13)14)12-9(11-6)5-1-2-5/h3,5H,1-2,4H2,(H,13,14)(H2,10,11,12). The fraction of sp³-hybridized carbons (Fsp3) is 0.444. The zero-order chi connectivity index (χ0) is 10.8. The summed E-state index contributed by atoms with van der Waals surface area (Å²) in [5, 5.41) is 9.18. The Morgan fingerprint density at radius 2 is 2.33 bits per heavy atom. The third kappa shape index (κ3) is 2.82. The molecule has 1 fully saturated rings. The number of carboxylic acids is 1. The highest BCUT2D eigenvalue weighted by Crippen LogP contribution is 2.38. The molecule has 1 aliphatic carbocycles. The van der Waals surface area contributed by atoms with Gasteiger partial charge in [-0.05, 0) is 12.8 Å². The van der Waals surface area contributed by atoms with Gasteiger partial charge in [0.2, 0.25) is 0 Å². The molecule has 0 aromatic carbocycles. The first-order chi connectivity index (χ1) is 7.15. The summed E-state index contributed by atoms with van der Waals surface area (Å²) in [4.78, 5) is 18.8. The van der Waals surface area contributed by atoms with E-state index in [0.717, 1.165) is 18.7 Å². The fourth-order valence-corrected chi connectivity index (χ4v) is 1.83. The second-order valence-corrected chi connectivity index (χ2v) is 4.44. The van der Waals surface area contributed by atoms with Crippen LogP contribution in [-0.2, 0) is 4.79 Å². The number of hydrogen-bond donors (Lipinski definition) is 2. The molecule has 0 aliphatic heterocycles. The molecule has 0 bridgehead atoms. The van der Waals surface area contributed by atoms with Gasteiger partial charge in [0, 0.05) is 12.0 Å². The summed E-state index contributed by atoms with van der Waals surface area (Å²) in [6.45, 7) is 0. The molecule has 1 aromatic heterocycles. The van der Waals surface area contributed by atoms with Crippen molar-refractivity contribution in [3.05, 3.63) is 11.9 Å². The van der Waals surface area contributed by atoms with Crippen LogP contribution in [0.25, 0.3) is 0 Å². The lowest BCUT2D eigenvalue weighted by Gasteiger charge is -2.02. The minimum absolute atomic E-state index is 0.000556. The summed E-state index contributed by atoms with van der Waals surface area (Å²) < 4.78 is 0. The molecule has 0 amide bonds. The van der Waals surface area contributed by atoms with Crippen LogP contribution in [0.2, 0.25) is 0 Å². The Bertz CT molecular complexity index is 393. The topological polar surface area (TPSA) is 89.1 Å². The van der Waals surface area contributed by atoms with Gasteiger partial charge in [0.05, 0.1) is 5.75 Å². The van der Waals surface area contributed by atoms with Crippen LogP contribution in [0.1, 0.15) is 24.6 Å². The Hall–Kier alpha value is -1.30. The lowest BCUT2D eigenvalue weighted by Crippen LogP contribution is -2.02. The minimum atomic E-state index is -0.856. The van der Waals surface area contributed by atoms with Crippen molar-refractivity contribution in [1.29, 1.82) is 0 Å². The first kappa shape index (κ1) is 10.2. The van der Waals surface area contributed by atoms with E-state index in [2.05, 4.69) is 9.97 Å². The van der Waals surface area contributed by atoms with E-state index < -0.39 is 5.97 Å². The predicted octanol–water partition coefficient (Wildman–Crippen LogP) is 1.11. The van der Waals surface area contributed by atoms with Crippen molar-refractivity contribution in [3.8, 4) is 0 Å². The van der Waals surface area contributed by atoms with Crippen molar-refractivity contribution in [2.24, 2.45) is 0 Å². The number of aromatic nitrogens is 2. The van der Waals surface area contributed by atoms with Gasteiger partial charge in [-0.3, -0.25) is 4.79 Å². The molecule has 3 N–H and O–H groups in total. The highest BCUT2D eigenvalue weighted by molar-refractivity contribution is 7.99. The van der Waals surface area contributed by atoms with Gasteiger partial charge in [-0.25, -0.2) is 9.97 Å². The van der Waals surface area contributed by atoms with Crippen LogP contribution >= 0.6 is 11.8 Å². The predicted molar refractivity (Wildman–Crippen MR) is 56.8 cm³/mol. The van der Waals surface area contributed by atoms with Crippen LogP contribution in [0, 0.1) is 0 Å². The van der Waals surface area contributed by atoms with E-state index in [1.165, 1.54) is 11.8 Å². The SMILES string of the molecule is Nc1cc(SCC(=O)O)nc(C2CC2)n1. The van der Waals surface area contributed by atoms with E-state index >= 15 is 0 Å². The average Bonchev–Trinajstić information content (AvgIpc) is 2.97. The van der Waals surface area contributed by atoms with Crippen molar-refractivity contribution in [3.63, 3.8) is 0 Å². The number of anilines is 1. The largest absolute Gasteiger partial charge is 0.481 e. The zero-order valence-corrected chi connectivity index (χ0v) is 8.83. The molecule has 0 spiro atoms. The molecule has 80 valence electrons. The van der Waals surface area contributed by atoms with Crippen LogP contribution in [0.3, 0.4) is 0 Å². The summed E-state index contributed by atoms with van der Waals surface area (Å²) in [5.41, 5.74) is 5.62. The second kappa shape index (κ2) is 4.06. The number of carboxylic acid groups (broad SMARTS) is 1. The van der Waals surface area contributed by atoms with Gasteiger partial charge in [-0.2, -0.15) is 0 Å². The normalized spacial score (nSPS) is 15.2. The lowest BCUT2D eigenvalue weighted by atomic mass is 10.4. The molecule has 2 rings (SSSR count). The molecule has 1 saturated carbocycles. The number of carbonyl (C=O) groups is 1. The number of nitrogens with two attached hydrogens (primary N) is 1. The third-order valence-corrected chi connectivity index (χ3v) is 2.92. The number of aliphatic carboxylic acids is 1. The molecule has 0 unspecified atom stereocenters. The summed E-state index contributed by atoms with van der Waals surface area (Å²) in [5.74, 6) is 0.742. The van der Waals surface area contributed by atoms with E-state index in [9.17, 15) is 4.79 Å². The highest BCUT2D eigenvalue weighted by Gasteiger charge is 2.27. The molecule has 1 aliphatic rings. The number of hydrogen-bond acceptors (Lipinski definition) is 5. The fourth-order valence-electron chi connectivity index (χ4n) is 1.19. The Balaban J connectivity index is 2.12. The maximum atomic E-state index is 10.4. The second-order valence-electron chi connectivity index (χ2n) is 3.45. The number of thioether (sulfide) groups is 1. The maximum Gasteiger partial charge on any atom is 0.313 e. The maximum absolute atomic E-state index is 10.4. The molecule has 1 aromatic rings. The molecular formula is C9H11N3O2S.